The molecular weight excluding hydrogens is 236 g/mol. The summed E-state index contributed by atoms with van der Waals surface area (Å²) in [4.78, 5) is 4.50. The minimum absolute atomic E-state index is 0.0599. The summed E-state index contributed by atoms with van der Waals surface area (Å²) in [6.45, 7) is 1.79. The summed E-state index contributed by atoms with van der Waals surface area (Å²) in [5.74, 6) is 0.877. The molecule has 17 heavy (non-hydrogen) atoms. The number of nitrogens with one attached hydrogen (secondary N) is 1. The van der Waals surface area contributed by atoms with E-state index in [0.29, 0.717) is 6.04 Å². The lowest BCUT2D eigenvalue weighted by Crippen LogP contribution is -2.31. The molecule has 1 fully saturated rings. The van der Waals surface area contributed by atoms with E-state index < -0.39 is 0 Å². The van der Waals surface area contributed by atoms with Gasteiger partial charge in [0.1, 0.15) is 6.10 Å². The third-order valence-electron chi connectivity index (χ3n) is 3.28. The second kappa shape index (κ2) is 4.67. The highest BCUT2D eigenvalue weighted by molar-refractivity contribution is 6.30. The second-order valence-electron chi connectivity index (χ2n) is 4.49. The molecule has 0 aliphatic carbocycles. The van der Waals surface area contributed by atoms with E-state index in [1.165, 1.54) is 6.42 Å². The zero-order chi connectivity index (χ0) is 11.7. The van der Waals surface area contributed by atoms with E-state index in [4.69, 9.17) is 16.3 Å². The predicted molar refractivity (Wildman–Crippen MR) is 68.6 cm³/mol. The molecule has 1 saturated heterocycles. The van der Waals surface area contributed by atoms with E-state index >= 15 is 0 Å². The van der Waals surface area contributed by atoms with Crippen LogP contribution in [0.2, 0.25) is 5.02 Å². The van der Waals surface area contributed by atoms with Gasteiger partial charge in [-0.3, -0.25) is 0 Å². The van der Waals surface area contributed by atoms with Crippen molar-refractivity contribution in [3.8, 4) is 0 Å². The molecule has 2 atom stereocenters. The fraction of sp³-hybridized carbons (Fsp3) is 0.462. The SMILES string of the molecule is Clc1ccc(C2CN=C(C3CCCN3)O2)cc1. The summed E-state index contributed by atoms with van der Waals surface area (Å²) in [6, 6.07) is 8.13. The maximum absolute atomic E-state index is 5.92. The molecule has 0 saturated carbocycles. The normalized spacial score (nSPS) is 27.9. The number of ether oxygens (including phenoxy) is 1. The number of rotatable bonds is 2. The van der Waals surface area contributed by atoms with Crippen LogP contribution in [0, 0.1) is 0 Å². The number of hydrogen-bond donors (Lipinski definition) is 1. The quantitative estimate of drug-likeness (QED) is 0.875. The van der Waals surface area contributed by atoms with Crippen molar-refractivity contribution < 1.29 is 4.74 Å². The van der Waals surface area contributed by atoms with Gasteiger partial charge in [-0.25, -0.2) is 4.99 Å². The Balaban J connectivity index is 1.67. The van der Waals surface area contributed by atoms with Gasteiger partial charge in [-0.1, -0.05) is 23.7 Å². The predicted octanol–water partition coefficient (Wildman–Crippen LogP) is 2.56. The Morgan fingerprint density at radius 1 is 1.29 bits per heavy atom. The van der Waals surface area contributed by atoms with Crippen molar-refractivity contribution in [1.29, 1.82) is 0 Å². The molecule has 0 spiro atoms. The van der Waals surface area contributed by atoms with Crippen molar-refractivity contribution in [2.24, 2.45) is 4.99 Å². The first-order valence-corrected chi connectivity index (χ1v) is 6.40. The molecule has 2 unspecified atom stereocenters. The summed E-state index contributed by atoms with van der Waals surface area (Å²) in [6.07, 6.45) is 2.40. The lowest BCUT2D eigenvalue weighted by atomic mass is 10.1. The number of halogens is 1. The molecule has 0 radical (unpaired) electrons. The van der Waals surface area contributed by atoms with Crippen LogP contribution in [0.4, 0.5) is 0 Å². The van der Waals surface area contributed by atoms with E-state index in [2.05, 4.69) is 10.3 Å². The van der Waals surface area contributed by atoms with Crippen molar-refractivity contribution in [3.63, 3.8) is 0 Å². The molecule has 3 rings (SSSR count). The number of aliphatic imine (C=N–C) groups is 1. The fourth-order valence-electron chi connectivity index (χ4n) is 2.33. The van der Waals surface area contributed by atoms with Crippen LogP contribution in [0.3, 0.4) is 0 Å². The van der Waals surface area contributed by atoms with Crippen LogP contribution in [-0.4, -0.2) is 25.0 Å². The summed E-state index contributed by atoms with van der Waals surface area (Å²) in [5.41, 5.74) is 1.14. The van der Waals surface area contributed by atoms with Gasteiger partial charge in [-0.2, -0.15) is 0 Å². The molecule has 0 amide bonds. The zero-order valence-electron chi connectivity index (χ0n) is 9.53. The van der Waals surface area contributed by atoms with Gasteiger partial charge in [0.05, 0.1) is 12.6 Å². The Kier molecular flexibility index (Phi) is 3.04. The Bertz CT molecular complexity index is 424. The van der Waals surface area contributed by atoms with Gasteiger partial charge in [0.25, 0.3) is 0 Å². The standard InChI is InChI=1S/C13H15ClN2O/c14-10-5-3-9(4-6-10)12-8-16-13(17-12)11-2-1-7-15-11/h3-6,11-12,15H,1-2,7-8H2. The van der Waals surface area contributed by atoms with Crippen molar-refractivity contribution >= 4 is 17.5 Å². The van der Waals surface area contributed by atoms with Crippen LogP contribution in [0.15, 0.2) is 29.3 Å². The van der Waals surface area contributed by atoms with Gasteiger partial charge < -0.3 is 10.1 Å². The Morgan fingerprint density at radius 2 is 2.12 bits per heavy atom. The topological polar surface area (TPSA) is 33.6 Å². The molecule has 2 aliphatic heterocycles. The first-order valence-electron chi connectivity index (χ1n) is 6.03. The summed E-state index contributed by atoms with van der Waals surface area (Å²) in [7, 11) is 0. The van der Waals surface area contributed by atoms with E-state index in [1.807, 2.05) is 24.3 Å². The largest absolute Gasteiger partial charge is 0.470 e. The number of nitrogens with zero attached hydrogens (tertiary/aromatic N) is 1. The molecule has 0 aromatic heterocycles. The van der Waals surface area contributed by atoms with Crippen LogP contribution < -0.4 is 5.32 Å². The number of benzene rings is 1. The van der Waals surface area contributed by atoms with E-state index in [1.54, 1.807) is 0 Å². The highest BCUT2D eigenvalue weighted by Crippen LogP contribution is 2.26. The van der Waals surface area contributed by atoms with E-state index in [-0.39, 0.29) is 6.10 Å². The highest BCUT2D eigenvalue weighted by Gasteiger charge is 2.29. The smallest absolute Gasteiger partial charge is 0.201 e. The van der Waals surface area contributed by atoms with Crippen LogP contribution in [0.5, 0.6) is 0 Å². The first-order chi connectivity index (χ1) is 8.33. The Hall–Kier alpha value is -1.06. The van der Waals surface area contributed by atoms with Crippen molar-refractivity contribution in [2.45, 2.75) is 25.0 Å². The molecule has 3 nitrogen and oxygen atoms in total. The van der Waals surface area contributed by atoms with E-state index in [9.17, 15) is 0 Å². The molecule has 1 N–H and O–H groups in total. The molecule has 4 heteroatoms. The van der Waals surface area contributed by atoms with Gasteiger partial charge in [-0.15, -0.1) is 0 Å². The van der Waals surface area contributed by atoms with Gasteiger partial charge >= 0.3 is 0 Å². The lowest BCUT2D eigenvalue weighted by molar-refractivity contribution is 0.219. The monoisotopic (exact) mass is 250 g/mol. The molecule has 2 heterocycles. The fourth-order valence-corrected chi connectivity index (χ4v) is 2.46. The van der Waals surface area contributed by atoms with Crippen molar-refractivity contribution in [1.82, 2.24) is 5.32 Å². The lowest BCUT2D eigenvalue weighted by Gasteiger charge is -2.15. The molecular formula is C13H15ClN2O. The third-order valence-corrected chi connectivity index (χ3v) is 3.53. The van der Waals surface area contributed by atoms with E-state index in [0.717, 1.165) is 36.0 Å². The number of hydrogen-bond acceptors (Lipinski definition) is 3. The summed E-state index contributed by atoms with van der Waals surface area (Å²) in [5, 5.41) is 4.16. The molecule has 1 aromatic carbocycles. The van der Waals surface area contributed by atoms with Crippen LogP contribution >= 0.6 is 11.6 Å². The van der Waals surface area contributed by atoms with Gasteiger partial charge in [-0.05, 0) is 37.1 Å². The van der Waals surface area contributed by atoms with Crippen molar-refractivity contribution in [3.05, 3.63) is 34.9 Å². The Morgan fingerprint density at radius 3 is 2.82 bits per heavy atom. The van der Waals surface area contributed by atoms with Crippen molar-refractivity contribution in [2.75, 3.05) is 13.1 Å². The molecule has 1 aromatic rings. The van der Waals surface area contributed by atoms with Gasteiger partial charge in [0.2, 0.25) is 5.90 Å². The van der Waals surface area contributed by atoms with Crippen LogP contribution in [0.1, 0.15) is 24.5 Å². The maximum atomic E-state index is 5.92. The van der Waals surface area contributed by atoms with Crippen LogP contribution in [-0.2, 0) is 4.74 Å². The summed E-state index contributed by atoms with van der Waals surface area (Å²) < 4.78 is 5.92. The van der Waals surface area contributed by atoms with Gasteiger partial charge in [0, 0.05) is 5.02 Å². The summed E-state index contributed by atoms with van der Waals surface area (Å²) >= 11 is 5.87. The average Bonchev–Trinajstić information content (AvgIpc) is 3.00. The average molecular weight is 251 g/mol. The zero-order valence-corrected chi connectivity index (χ0v) is 10.3. The first kappa shape index (κ1) is 11.1. The molecule has 0 bridgehead atoms. The molecule has 90 valence electrons. The second-order valence-corrected chi connectivity index (χ2v) is 4.92. The minimum Gasteiger partial charge on any atom is -0.470 e. The third kappa shape index (κ3) is 2.31. The highest BCUT2D eigenvalue weighted by atomic mass is 35.5. The Labute approximate surface area is 106 Å². The maximum Gasteiger partial charge on any atom is 0.201 e. The molecule has 2 aliphatic rings. The van der Waals surface area contributed by atoms with Gasteiger partial charge in [0.15, 0.2) is 0 Å². The minimum atomic E-state index is 0.0599. The van der Waals surface area contributed by atoms with Crippen LogP contribution in [0.25, 0.3) is 0 Å².